The normalized spacial score (nSPS) is 15.3. The highest BCUT2D eigenvalue weighted by Gasteiger charge is 2.09. The van der Waals surface area contributed by atoms with E-state index in [9.17, 15) is 0 Å². The molecule has 0 radical (unpaired) electrons. The van der Waals surface area contributed by atoms with E-state index in [0.29, 0.717) is 0 Å². The highest BCUT2D eigenvalue weighted by molar-refractivity contribution is 5.85. The molecule has 0 unspecified atom stereocenters. The maximum atomic E-state index is 4.02. The Bertz CT molecular complexity index is 323. The first-order valence-corrected chi connectivity index (χ1v) is 4.67. The quantitative estimate of drug-likeness (QED) is 0.825. The predicted molar refractivity (Wildman–Crippen MR) is 68.8 cm³/mol. The third-order valence-electron chi connectivity index (χ3n) is 2.52. The summed E-state index contributed by atoms with van der Waals surface area (Å²) in [4.78, 5) is 4.02. The molecule has 2 nitrogen and oxygen atoms in total. The first kappa shape index (κ1) is 14.4. The van der Waals surface area contributed by atoms with Gasteiger partial charge in [0.2, 0.25) is 0 Å². The van der Waals surface area contributed by atoms with Crippen LogP contribution in [0.1, 0.15) is 18.9 Å². The number of pyridine rings is 1. The lowest BCUT2D eigenvalue weighted by Gasteiger charge is -2.18. The summed E-state index contributed by atoms with van der Waals surface area (Å²) in [6.45, 7) is 4.33. The van der Waals surface area contributed by atoms with Gasteiger partial charge in [0.1, 0.15) is 0 Å². The SMILES string of the molecule is CC1=C(c2ccncc2)CNCC1.Cl.Cl. The zero-order valence-electron chi connectivity index (χ0n) is 8.69. The maximum absolute atomic E-state index is 4.02. The van der Waals surface area contributed by atoms with E-state index in [1.54, 1.807) is 0 Å². The molecule has 2 heterocycles. The van der Waals surface area contributed by atoms with Gasteiger partial charge in [0.05, 0.1) is 0 Å². The van der Waals surface area contributed by atoms with Crippen molar-refractivity contribution in [3.63, 3.8) is 0 Å². The summed E-state index contributed by atoms with van der Waals surface area (Å²) in [6, 6.07) is 4.15. The highest BCUT2D eigenvalue weighted by Crippen LogP contribution is 2.21. The molecule has 1 aromatic heterocycles. The molecule has 15 heavy (non-hydrogen) atoms. The molecule has 0 spiro atoms. The van der Waals surface area contributed by atoms with Gasteiger partial charge >= 0.3 is 0 Å². The molecule has 2 rings (SSSR count). The van der Waals surface area contributed by atoms with E-state index >= 15 is 0 Å². The molecular formula is C11H16Cl2N2. The van der Waals surface area contributed by atoms with Crippen LogP contribution in [-0.4, -0.2) is 18.1 Å². The summed E-state index contributed by atoms with van der Waals surface area (Å²) in [7, 11) is 0. The van der Waals surface area contributed by atoms with Crippen molar-refractivity contribution in [2.24, 2.45) is 0 Å². The van der Waals surface area contributed by atoms with E-state index in [0.717, 1.165) is 19.5 Å². The number of nitrogens with zero attached hydrogens (tertiary/aromatic N) is 1. The van der Waals surface area contributed by atoms with Gasteiger partial charge in [-0.25, -0.2) is 0 Å². The second-order valence-corrected chi connectivity index (χ2v) is 3.42. The van der Waals surface area contributed by atoms with Gasteiger partial charge in [-0.3, -0.25) is 4.98 Å². The van der Waals surface area contributed by atoms with Crippen molar-refractivity contribution in [1.29, 1.82) is 0 Å². The van der Waals surface area contributed by atoms with Crippen molar-refractivity contribution in [2.45, 2.75) is 13.3 Å². The zero-order chi connectivity index (χ0) is 9.10. The van der Waals surface area contributed by atoms with Gasteiger partial charge in [-0.2, -0.15) is 0 Å². The van der Waals surface area contributed by atoms with Gasteiger partial charge < -0.3 is 5.32 Å². The number of nitrogens with one attached hydrogen (secondary N) is 1. The third kappa shape index (κ3) is 3.49. The van der Waals surface area contributed by atoms with Gasteiger partial charge in [0.25, 0.3) is 0 Å². The van der Waals surface area contributed by atoms with Gasteiger partial charge in [-0.15, -0.1) is 24.8 Å². The maximum Gasteiger partial charge on any atom is 0.0273 e. The first-order chi connectivity index (χ1) is 6.38. The second kappa shape index (κ2) is 6.83. The number of halogens is 2. The standard InChI is InChI=1S/C11H14N2.2ClH/c1-9-2-5-13-8-11(9)10-3-6-12-7-4-10;;/h3-4,6-7,13H,2,5,8H2,1H3;2*1H. The lowest BCUT2D eigenvalue weighted by atomic mass is 9.97. The zero-order valence-corrected chi connectivity index (χ0v) is 10.3. The Balaban J connectivity index is 0.000000980. The van der Waals surface area contributed by atoms with Gasteiger partial charge in [0.15, 0.2) is 0 Å². The molecule has 0 bridgehead atoms. The minimum atomic E-state index is 0. The molecule has 0 atom stereocenters. The monoisotopic (exact) mass is 246 g/mol. The summed E-state index contributed by atoms with van der Waals surface area (Å²) >= 11 is 0. The second-order valence-electron chi connectivity index (χ2n) is 3.42. The molecule has 0 aliphatic carbocycles. The van der Waals surface area contributed by atoms with Crippen LogP contribution in [0.4, 0.5) is 0 Å². The summed E-state index contributed by atoms with van der Waals surface area (Å²) in [5.41, 5.74) is 4.25. The fourth-order valence-corrected chi connectivity index (χ4v) is 1.69. The van der Waals surface area contributed by atoms with Crippen molar-refractivity contribution < 1.29 is 0 Å². The Kier molecular flexibility index (Phi) is 6.57. The lowest BCUT2D eigenvalue weighted by molar-refractivity contribution is 0.715. The van der Waals surface area contributed by atoms with Crippen LogP contribution in [0.3, 0.4) is 0 Å². The van der Waals surface area contributed by atoms with Crippen LogP contribution in [0.5, 0.6) is 0 Å². The van der Waals surface area contributed by atoms with E-state index < -0.39 is 0 Å². The Morgan fingerprint density at radius 3 is 2.47 bits per heavy atom. The van der Waals surface area contributed by atoms with Crippen molar-refractivity contribution in [3.8, 4) is 0 Å². The van der Waals surface area contributed by atoms with Gasteiger partial charge in [-0.05, 0) is 43.2 Å². The smallest absolute Gasteiger partial charge is 0.0273 e. The third-order valence-corrected chi connectivity index (χ3v) is 2.52. The average Bonchev–Trinajstić information content (AvgIpc) is 2.20. The predicted octanol–water partition coefficient (Wildman–Crippen LogP) is 2.69. The fourth-order valence-electron chi connectivity index (χ4n) is 1.69. The molecule has 4 heteroatoms. The van der Waals surface area contributed by atoms with Crippen molar-refractivity contribution in [1.82, 2.24) is 10.3 Å². The molecule has 1 N–H and O–H groups in total. The lowest BCUT2D eigenvalue weighted by Crippen LogP contribution is -2.23. The summed E-state index contributed by atoms with van der Waals surface area (Å²) in [5.74, 6) is 0. The summed E-state index contributed by atoms with van der Waals surface area (Å²) < 4.78 is 0. The van der Waals surface area contributed by atoms with Crippen molar-refractivity contribution in [2.75, 3.05) is 13.1 Å². The van der Waals surface area contributed by atoms with Crippen LogP contribution < -0.4 is 5.32 Å². The fraction of sp³-hybridized carbons (Fsp3) is 0.364. The van der Waals surface area contributed by atoms with Crippen LogP contribution in [0.25, 0.3) is 5.57 Å². The topological polar surface area (TPSA) is 24.9 Å². The Labute approximate surface area is 103 Å². The van der Waals surface area contributed by atoms with Crippen LogP contribution in [0.2, 0.25) is 0 Å². The first-order valence-electron chi connectivity index (χ1n) is 4.67. The van der Waals surface area contributed by atoms with E-state index in [-0.39, 0.29) is 24.8 Å². The van der Waals surface area contributed by atoms with Crippen molar-refractivity contribution in [3.05, 3.63) is 35.7 Å². The number of rotatable bonds is 1. The Morgan fingerprint density at radius 1 is 1.20 bits per heavy atom. The summed E-state index contributed by atoms with van der Waals surface area (Å²) in [5, 5.41) is 3.39. The molecule has 1 aliphatic heterocycles. The van der Waals surface area contributed by atoms with E-state index in [2.05, 4.69) is 29.4 Å². The molecule has 84 valence electrons. The van der Waals surface area contributed by atoms with Crippen LogP contribution in [0.15, 0.2) is 30.1 Å². The minimum Gasteiger partial charge on any atom is -0.312 e. The molecule has 0 amide bonds. The van der Waals surface area contributed by atoms with Gasteiger partial charge in [0, 0.05) is 18.9 Å². The molecule has 1 aliphatic rings. The van der Waals surface area contributed by atoms with Crippen LogP contribution >= 0.6 is 24.8 Å². The average molecular weight is 247 g/mol. The highest BCUT2D eigenvalue weighted by atomic mass is 35.5. The molecule has 0 aromatic carbocycles. The number of aromatic nitrogens is 1. The Morgan fingerprint density at radius 2 is 1.87 bits per heavy atom. The van der Waals surface area contributed by atoms with E-state index in [1.165, 1.54) is 16.7 Å². The molecule has 0 saturated heterocycles. The summed E-state index contributed by atoms with van der Waals surface area (Å²) in [6.07, 6.45) is 4.87. The molecule has 1 aromatic rings. The Hall–Kier alpha value is -0.570. The largest absolute Gasteiger partial charge is 0.312 e. The number of hydrogen-bond donors (Lipinski definition) is 1. The number of hydrogen-bond acceptors (Lipinski definition) is 2. The van der Waals surface area contributed by atoms with Crippen LogP contribution in [0, 0.1) is 0 Å². The van der Waals surface area contributed by atoms with E-state index in [4.69, 9.17) is 0 Å². The molecule has 0 saturated carbocycles. The molecule has 0 fully saturated rings. The van der Waals surface area contributed by atoms with Gasteiger partial charge in [-0.1, -0.05) is 5.57 Å². The molecular weight excluding hydrogens is 231 g/mol. The van der Waals surface area contributed by atoms with E-state index in [1.807, 2.05) is 12.4 Å². The minimum absolute atomic E-state index is 0. The van der Waals surface area contributed by atoms with Crippen molar-refractivity contribution >= 4 is 30.4 Å². The van der Waals surface area contributed by atoms with Crippen LogP contribution in [-0.2, 0) is 0 Å².